The maximum absolute atomic E-state index is 6.40. The molecule has 1 aliphatic carbocycles. The molecule has 1 aromatic rings. The van der Waals surface area contributed by atoms with Crippen LogP contribution in [0.25, 0.3) is 0 Å². The third kappa shape index (κ3) is 3.65. The molecule has 0 bridgehead atoms. The monoisotopic (exact) mass is 269 g/mol. The van der Waals surface area contributed by atoms with Gasteiger partial charge in [0, 0.05) is 17.5 Å². The summed E-state index contributed by atoms with van der Waals surface area (Å²) in [6, 6.07) is 0. The summed E-state index contributed by atoms with van der Waals surface area (Å²) in [5.41, 5.74) is 6.24. The van der Waals surface area contributed by atoms with Crippen LogP contribution in [0.15, 0.2) is 0 Å². The number of ether oxygens (including phenoxy) is 1. The standard InChI is InChI=1S/C13H23N3OS/c1-10(2)11-15-12(18-16-11)17-9-13(14)7-5-3-4-6-8-13/h10H,3-9,14H2,1-2H3. The predicted molar refractivity (Wildman–Crippen MR) is 74.1 cm³/mol. The van der Waals surface area contributed by atoms with Crippen LogP contribution in [0.5, 0.6) is 5.19 Å². The molecule has 0 atom stereocenters. The Morgan fingerprint density at radius 3 is 2.50 bits per heavy atom. The van der Waals surface area contributed by atoms with Gasteiger partial charge < -0.3 is 10.5 Å². The molecule has 1 fully saturated rings. The maximum atomic E-state index is 6.40. The van der Waals surface area contributed by atoms with Gasteiger partial charge in [0.15, 0.2) is 0 Å². The molecule has 0 saturated heterocycles. The van der Waals surface area contributed by atoms with Gasteiger partial charge in [-0.15, -0.1) is 0 Å². The maximum Gasteiger partial charge on any atom is 0.293 e. The van der Waals surface area contributed by atoms with Crippen molar-refractivity contribution < 1.29 is 4.74 Å². The fourth-order valence-corrected chi connectivity index (χ4v) is 2.97. The highest BCUT2D eigenvalue weighted by molar-refractivity contribution is 7.07. The summed E-state index contributed by atoms with van der Waals surface area (Å²) in [5.74, 6) is 1.21. The van der Waals surface area contributed by atoms with E-state index in [1.807, 2.05) is 0 Å². The van der Waals surface area contributed by atoms with E-state index in [0.29, 0.717) is 17.7 Å². The van der Waals surface area contributed by atoms with E-state index < -0.39 is 0 Å². The van der Waals surface area contributed by atoms with Crippen LogP contribution in [0.3, 0.4) is 0 Å². The molecule has 1 aromatic heterocycles. The third-order valence-electron chi connectivity index (χ3n) is 3.52. The lowest BCUT2D eigenvalue weighted by atomic mass is 9.93. The lowest BCUT2D eigenvalue weighted by Gasteiger charge is -2.26. The van der Waals surface area contributed by atoms with Gasteiger partial charge in [0.05, 0.1) is 5.54 Å². The Morgan fingerprint density at radius 2 is 1.94 bits per heavy atom. The zero-order chi connectivity index (χ0) is 13.0. The minimum atomic E-state index is -0.167. The number of hydrogen-bond donors (Lipinski definition) is 1. The van der Waals surface area contributed by atoms with Crippen molar-refractivity contribution in [2.45, 2.75) is 63.8 Å². The lowest BCUT2D eigenvalue weighted by Crippen LogP contribution is -2.45. The minimum Gasteiger partial charge on any atom is -0.467 e. The van der Waals surface area contributed by atoms with Gasteiger partial charge in [0.1, 0.15) is 12.4 Å². The molecule has 0 aliphatic heterocycles. The van der Waals surface area contributed by atoms with Crippen LogP contribution >= 0.6 is 11.5 Å². The van der Waals surface area contributed by atoms with Crippen LogP contribution in [0.4, 0.5) is 0 Å². The van der Waals surface area contributed by atoms with Crippen molar-refractivity contribution in [3.05, 3.63) is 5.82 Å². The normalized spacial score (nSPS) is 19.8. The van der Waals surface area contributed by atoms with Crippen molar-refractivity contribution in [3.63, 3.8) is 0 Å². The molecule has 0 aromatic carbocycles. The summed E-state index contributed by atoms with van der Waals surface area (Å²) in [6.07, 6.45) is 7.15. The molecule has 4 nitrogen and oxygen atoms in total. The number of hydrogen-bond acceptors (Lipinski definition) is 5. The SMILES string of the molecule is CC(C)c1nsc(OCC2(N)CCCCCC2)n1. The zero-order valence-electron chi connectivity index (χ0n) is 11.3. The molecule has 2 N–H and O–H groups in total. The van der Waals surface area contributed by atoms with E-state index in [1.54, 1.807) is 0 Å². The lowest BCUT2D eigenvalue weighted by molar-refractivity contribution is 0.198. The van der Waals surface area contributed by atoms with Crippen LogP contribution in [-0.2, 0) is 0 Å². The van der Waals surface area contributed by atoms with Crippen LogP contribution in [0, 0.1) is 0 Å². The van der Waals surface area contributed by atoms with Gasteiger partial charge in [-0.2, -0.15) is 9.36 Å². The third-order valence-corrected chi connectivity index (χ3v) is 4.17. The number of nitrogens with zero attached hydrogens (tertiary/aromatic N) is 2. The molecule has 0 spiro atoms. The molecule has 0 radical (unpaired) electrons. The van der Waals surface area contributed by atoms with Gasteiger partial charge in [-0.1, -0.05) is 39.5 Å². The molecule has 18 heavy (non-hydrogen) atoms. The van der Waals surface area contributed by atoms with E-state index in [4.69, 9.17) is 10.5 Å². The highest BCUT2D eigenvalue weighted by Crippen LogP contribution is 2.27. The number of rotatable bonds is 4. The number of aromatic nitrogens is 2. The van der Waals surface area contributed by atoms with Gasteiger partial charge in [-0.3, -0.25) is 0 Å². The second kappa shape index (κ2) is 5.97. The Kier molecular flexibility index (Phi) is 4.56. The highest BCUT2D eigenvalue weighted by atomic mass is 32.1. The Labute approximate surface area is 113 Å². The van der Waals surface area contributed by atoms with Crippen LogP contribution < -0.4 is 10.5 Å². The van der Waals surface area contributed by atoms with E-state index in [9.17, 15) is 0 Å². The molecule has 2 rings (SSSR count). The summed E-state index contributed by atoms with van der Waals surface area (Å²) in [5, 5.41) is 0.660. The molecule has 0 unspecified atom stereocenters. The van der Waals surface area contributed by atoms with Crippen molar-refractivity contribution in [3.8, 4) is 5.19 Å². The second-order valence-corrected chi connectivity index (χ2v) is 6.35. The van der Waals surface area contributed by atoms with Crippen LogP contribution in [-0.4, -0.2) is 21.5 Å². The van der Waals surface area contributed by atoms with Crippen molar-refractivity contribution in [1.82, 2.24) is 9.36 Å². The average molecular weight is 269 g/mol. The largest absolute Gasteiger partial charge is 0.467 e. The quantitative estimate of drug-likeness (QED) is 0.853. The van der Waals surface area contributed by atoms with E-state index >= 15 is 0 Å². The molecule has 1 heterocycles. The first-order chi connectivity index (χ1) is 8.59. The van der Waals surface area contributed by atoms with Crippen LogP contribution in [0.2, 0.25) is 0 Å². The van der Waals surface area contributed by atoms with Gasteiger partial charge in [0.2, 0.25) is 0 Å². The van der Waals surface area contributed by atoms with Crippen LogP contribution in [0.1, 0.15) is 64.1 Å². The average Bonchev–Trinajstić information content (AvgIpc) is 2.71. The first-order valence-electron chi connectivity index (χ1n) is 6.84. The van der Waals surface area contributed by atoms with Gasteiger partial charge >= 0.3 is 0 Å². The molecule has 102 valence electrons. The molecule has 5 heteroatoms. The molecule has 1 aliphatic rings. The summed E-state index contributed by atoms with van der Waals surface area (Å²) < 4.78 is 10.0. The smallest absolute Gasteiger partial charge is 0.293 e. The summed E-state index contributed by atoms with van der Waals surface area (Å²) in [6.45, 7) is 4.74. The fourth-order valence-electron chi connectivity index (χ4n) is 2.30. The Hall–Kier alpha value is -0.680. The first kappa shape index (κ1) is 13.7. The highest BCUT2D eigenvalue weighted by Gasteiger charge is 2.27. The predicted octanol–water partition coefficient (Wildman–Crippen LogP) is 3.09. The fraction of sp³-hybridized carbons (Fsp3) is 0.846. The van der Waals surface area contributed by atoms with Gasteiger partial charge in [-0.05, 0) is 12.8 Å². The van der Waals surface area contributed by atoms with E-state index in [0.717, 1.165) is 18.7 Å². The minimum absolute atomic E-state index is 0.167. The molecular weight excluding hydrogens is 246 g/mol. The second-order valence-electron chi connectivity index (χ2n) is 5.64. The zero-order valence-corrected chi connectivity index (χ0v) is 12.1. The van der Waals surface area contributed by atoms with Crippen molar-refractivity contribution >= 4 is 11.5 Å². The van der Waals surface area contributed by atoms with Crippen molar-refractivity contribution in [2.24, 2.45) is 5.73 Å². The summed E-state index contributed by atoms with van der Waals surface area (Å²) in [4.78, 5) is 4.38. The van der Waals surface area contributed by atoms with Crippen molar-refractivity contribution in [2.75, 3.05) is 6.61 Å². The Morgan fingerprint density at radius 1 is 1.28 bits per heavy atom. The van der Waals surface area contributed by atoms with Gasteiger partial charge in [-0.25, -0.2) is 0 Å². The van der Waals surface area contributed by atoms with E-state index in [1.165, 1.54) is 37.2 Å². The number of nitrogens with two attached hydrogens (primary N) is 1. The van der Waals surface area contributed by atoms with Crippen molar-refractivity contribution in [1.29, 1.82) is 0 Å². The summed E-state index contributed by atoms with van der Waals surface area (Å²) >= 11 is 1.33. The molecule has 0 amide bonds. The Bertz CT molecular complexity index is 370. The summed E-state index contributed by atoms with van der Waals surface area (Å²) in [7, 11) is 0. The topological polar surface area (TPSA) is 61.0 Å². The van der Waals surface area contributed by atoms with E-state index in [-0.39, 0.29) is 5.54 Å². The Balaban J connectivity index is 1.89. The first-order valence-corrected chi connectivity index (χ1v) is 7.62. The van der Waals surface area contributed by atoms with Gasteiger partial charge in [0.25, 0.3) is 5.19 Å². The molecular formula is C13H23N3OS. The molecule has 1 saturated carbocycles. The van der Waals surface area contributed by atoms with E-state index in [2.05, 4.69) is 23.2 Å².